The zero-order valence-corrected chi connectivity index (χ0v) is 11.8. The van der Waals surface area contributed by atoms with Gasteiger partial charge in [0.2, 0.25) is 0 Å². The molecule has 1 atom stereocenters. The highest BCUT2D eigenvalue weighted by Crippen LogP contribution is 2.18. The number of nitrogens with zero attached hydrogens (tertiary/aromatic N) is 2. The van der Waals surface area contributed by atoms with Gasteiger partial charge < -0.3 is 15.8 Å². The number of anilines is 1. The summed E-state index contributed by atoms with van der Waals surface area (Å²) in [6.07, 6.45) is 4.58. The average Bonchev–Trinajstić information content (AvgIpc) is 2.52. The first-order chi connectivity index (χ1) is 10.1. The molecule has 6 heteroatoms. The van der Waals surface area contributed by atoms with Crippen LogP contribution >= 0.6 is 0 Å². The van der Waals surface area contributed by atoms with Crippen molar-refractivity contribution in [3.8, 4) is 11.1 Å². The maximum atomic E-state index is 10.5. The minimum absolute atomic E-state index is 0.150. The lowest BCUT2D eigenvalue weighted by Crippen LogP contribution is -2.22. The summed E-state index contributed by atoms with van der Waals surface area (Å²) in [5.41, 5.74) is 6.96. The number of primary amides is 1. The number of hydrogen-bond donors (Lipinski definition) is 2. The summed E-state index contributed by atoms with van der Waals surface area (Å²) in [5.74, 6) is 0.922. The maximum Gasteiger partial charge on any atom is 0.404 e. The summed E-state index contributed by atoms with van der Waals surface area (Å²) < 4.78 is 4.74. The fraction of sp³-hybridized carbons (Fsp3) is 0.267. The zero-order chi connectivity index (χ0) is 15.1. The van der Waals surface area contributed by atoms with E-state index in [1.165, 1.54) is 0 Å². The standard InChI is InChI=1S/C15H18N4O2/c1-11(10-21-15(16)20)7-18-14-5-4-13(9-19-14)12-3-2-6-17-8-12/h2-6,8-9,11H,7,10H2,1H3,(H2,16,20)(H,18,19). The molecule has 2 aromatic heterocycles. The molecule has 1 amide bonds. The summed E-state index contributed by atoms with van der Waals surface area (Å²) in [5, 5.41) is 3.19. The van der Waals surface area contributed by atoms with Crippen LogP contribution < -0.4 is 11.1 Å². The van der Waals surface area contributed by atoms with Crippen molar-refractivity contribution in [3.63, 3.8) is 0 Å². The highest BCUT2D eigenvalue weighted by atomic mass is 16.5. The number of aromatic nitrogens is 2. The first-order valence-corrected chi connectivity index (χ1v) is 6.67. The number of pyridine rings is 2. The fourth-order valence-corrected chi connectivity index (χ4v) is 1.76. The lowest BCUT2D eigenvalue weighted by molar-refractivity contribution is 0.142. The zero-order valence-electron chi connectivity index (χ0n) is 11.8. The van der Waals surface area contributed by atoms with E-state index in [-0.39, 0.29) is 12.5 Å². The van der Waals surface area contributed by atoms with Crippen molar-refractivity contribution in [2.75, 3.05) is 18.5 Å². The van der Waals surface area contributed by atoms with E-state index in [9.17, 15) is 4.79 Å². The van der Waals surface area contributed by atoms with Crippen LogP contribution in [-0.4, -0.2) is 29.2 Å². The van der Waals surface area contributed by atoms with E-state index in [1.807, 2.05) is 31.2 Å². The molecule has 0 aliphatic rings. The third-order valence-corrected chi connectivity index (χ3v) is 2.90. The molecular formula is C15H18N4O2. The van der Waals surface area contributed by atoms with E-state index >= 15 is 0 Å². The number of ether oxygens (including phenoxy) is 1. The minimum Gasteiger partial charge on any atom is -0.449 e. The van der Waals surface area contributed by atoms with E-state index in [2.05, 4.69) is 15.3 Å². The Labute approximate surface area is 123 Å². The molecule has 6 nitrogen and oxygen atoms in total. The van der Waals surface area contributed by atoms with Gasteiger partial charge in [-0.05, 0) is 18.2 Å². The lowest BCUT2D eigenvalue weighted by atomic mass is 10.1. The molecule has 0 bridgehead atoms. The van der Waals surface area contributed by atoms with Crippen molar-refractivity contribution in [1.82, 2.24) is 9.97 Å². The molecular weight excluding hydrogens is 268 g/mol. The number of amides is 1. The quantitative estimate of drug-likeness (QED) is 0.850. The van der Waals surface area contributed by atoms with Gasteiger partial charge in [-0.1, -0.05) is 13.0 Å². The monoisotopic (exact) mass is 286 g/mol. The molecule has 2 aromatic rings. The minimum atomic E-state index is -0.749. The van der Waals surface area contributed by atoms with Gasteiger partial charge in [-0.15, -0.1) is 0 Å². The molecule has 0 saturated heterocycles. The van der Waals surface area contributed by atoms with Crippen molar-refractivity contribution in [2.45, 2.75) is 6.92 Å². The Kier molecular flexibility index (Phi) is 5.09. The molecule has 0 fully saturated rings. The molecule has 0 saturated carbocycles. The van der Waals surface area contributed by atoms with Crippen LogP contribution in [0.2, 0.25) is 0 Å². The number of carbonyl (C=O) groups excluding carboxylic acids is 1. The Balaban J connectivity index is 1.87. The molecule has 1 unspecified atom stereocenters. The van der Waals surface area contributed by atoms with Crippen molar-refractivity contribution in [3.05, 3.63) is 42.9 Å². The van der Waals surface area contributed by atoms with E-state index in [1.54, 1.807) is 18.6 Å². The molecule has 0 aromatic carbocycles. The summed E-state index contributed by atoms with van der Waals surface area (Å²) in [4.78, 5) is 18.9. The summed E-state index contributed by atoms with van der Waals surface area (Å²) in [6, 6.07) is 7.77. The SMILES string of the molecule is CC(CNc1ccc(-c2cccnc2)cn1)COC(N)=O. The van der Waals surface area contributed by atoms with E-state index in [0.717, 1.165) is 16.9 Å². The topological polar surface area (TPSA) is 90.1 Å². The Bertz CT molecular complexity index is 572. The van der Waals surface area contributed by atoms with Gasteiger partial charge >= 0.3 is 6.09 Å². The maximum absolute atomic E-state index is 10.5. The first kappa shape index (κ1) is 14.8. The number of nitrogens with two attached hydrogens (primary N) is 1. The second-order valence-corrected chi connectivity index (χ2v) is 4.79. The van der Waals surface area contributed by atoms with Gasteiger partial charge in [0.25, 0.3) is 0 Å². The number of nitrogens with one attached hydrogen (secondary N) is 1. The third kappa shape index (κ3) is 4.76. The van der Waals surface area contributed by atoms with Gasteiger partial charge in [-0.25, -0.2) is 9.78 Å². The molecule has 0 radical (unpaired) electrons. The van der Waals surface area contributed by atoms with Gasteiger partial charge in [0.15, 0.2) is 0 Å². The van der Waals surface area contributed by atoms with Crippen LogP contribution in [0.1, 0.15) is 6.92 Å². The lowest BCUT2D eigenvalue weighted by Gasteiger charge is -2.12. The van der Waals surface area contributed by atoms with Gasteiger partial charge in [0.1, 0.15) is 5.82 Å². The number of carbonyl (C=O) groups is 1. The van der Waals surface area contributed by atoms with Gasteiger partial charge in [0.05, 0.1) is 6.61 Å². The molecule has 110 valence electrons. The van der Waals surface area contributed by atoms with Crippen LogP contribution in [-0.2, 0) is 4.74 Å². The predicted octanol–water partition coefficient (Wildman–Crippen LogP) is 2.29. The van der Waals surface area contributed by atoms with Crippen LogP contribution in [0.4, 0.5) is 10.6 Å². The Morgan fingerprint density at radius 3 is 2.76 bits per heavy atom. The smallest absolute Gasteiger partial charge is 0.404 e. The van der Waals surface area contributed by atoms with Gasteiger partial charge in [-0.3, -0.25) is 4.98 Å². The van der Waals surface area contributed by atoms with Crippen LogP contribution in [0.3, 0.4) is 0 Å². The van der Waals surface area contributed by atoms with Crippen LogP contribution in [0.15, 0.2) is 42.9 Å². The summed E-state index contributed by atoms with van der Waals surface area (Å²) >= 11 is 0. The number of rotatable bonds is 6. The van der Waals surface area contributed by atoms with Gasteiger partial charge in [0, 0.05) is 42.2 Å². The molecule has 0 aliphatic heterocycles. The third-order valence-electron chi connectivity index (χ3n) is 2.90. The van der Waals surface area contributed by atoms with E-state index in [0.29, 0.717) is 6.54 Å². The highest BCUT2D eigenvalue weighted by Gasteiger charge is 2.05. The van der Waals surface area contributed by atoms with Crippen molar-refractivity contribution < 1.29 is 9.53 Å². The number of hydrogen-bond acceptors (Lipinski definition) is 5. The molecule has 0 aliphatic carbocycles. The van der Waals surface area contributed by atoms with Crippen LogP contribution in [0.25, 0.3) is 11.1 Å². The van der Waals surface area contributed by atoms with Crippen LogP contribution in [0.5, 0.6) is 0 Å². The molecule has 3 N–H and O–H groups in total. The van der Waals surface area contributed by atoms with Crippen LogP contribution in [0, 0.1) is 5.92 Å². The van der Waals surface area contributed by atoms with E-state index in [4.69, 9.17) is 10.5 Å². The first-order valence-electron chi connectivity index (χ1n) is 6.67. The Morgan fingerprint density at radius 1 is 1.33 bits per heavy atom. The molecule has 21 heavy (non-hydrogen) atoms. The fourth-order valence-electron chi connectivity index (χ4n) is 1.76. The average molecular weight is 286 g/mol. The molecule has 2 rings (SSSR count). The second-order valence-electron chi connectivity index (χ2n) is 4.79. The highest BCUT2D eigenvalue weighted by molar-refractivity contribution is 5.64. The normalized spacial score (nSPS) is 11.7. The summed E-state index contributed by atoms with van der Waals surface area (Å²) in [7, 11) is 0. The van der Waals surface area contributed by atoms with Gasteiger partial charge in [-0.2, -0.15) is 0 Å². The second kappa shape index (κ2) is 7.23. The molecule has 2 heterocycles. The van der Waals surface area contributed by atoms with Crippen molar-refractivity contribution >= 4 is 11.9 Å². The van der Waals surface area contributed by atoms with E-state index < -0.39 is 6.09 Å². The molecule has 0 spiro atoms. The Hall–Kier alpha value is -2.63. The predicted molar refractivity (Wildman–Crippen MR) is 80.7 cm³/mol. The summed E-state index contributed by atoms with van der Waals surface area (Å²) in [6.45, 7) is 2.89. The van der Waals surface area contributed by atoms with Crippen molar-refractivity contribution in [1.29, 1.82) is 0 Å². The van der Waals surface area contributed by atoms with Crippen molar-refractivity contribution in [2.24, 2.45) is 11.7 Å². The largest absolute Gasteiger partial charge is 0.449 e. The Morgan fingerprint density at radius 2 is 2.14 bits per heavy atom.